The Hall–Kier alpha value is -2.34. The Kier molecular flexibility index (Phi) is 6.37. The third kappa shape index (κ3) is 5.38. The molecule has 24 heavy (non-hydrogen) atoms. The van der Waals surface area contributed by atoms with E-state index in [9.17, 15) is 13.6 Å². The minimum Gasteiger partial charge on any atom is -0.484 e. The normalized spacial score (nSPS) is 10.5. The molecular weight excluding hydrogens is 340 g/mol. The van der Waals surface area contributed by atoms with E-state index in [0.29, 0.717) is 11.4 Å². The Bertz CT molecular complexity index is 710. The van der Waals surface area contributed by atoms with Crippen LogP contribution in [0.4, 0.5) is 14.5 Å². The van der Waals surface area contributed by atoms with E-state index in [4.69, 9.17) is 16.3 Å². The van der Waals surface area contributed by atoms with Crippen LogP contribution in [0.2, 0.25) is 5.02 Å². The Morgan fingerprint density at radius 1 is 1.25 bits per heavy atom. The molecule has 1 N–H and O–H groups in total. The Balaban J connectivity index is 1.91. The van der Waals surface area contributed by atoms with Crippen LogP contribution in [0.15, 0.2) is 42.5 Å². The van der Waals surface area contributed by atoms with Gasteiger partial charge in [-0.3, -0.25) is 4.79 Å². The largest absolute Gasteiger partial charge is 0.484 e. The van der Waals surface area contributed by atoms with E-state index in [1.165, 1.54) is 18.2 Å². The van der Waals surface area contributed by atoms with Crippen molar-refractivity contribution in [3.05, 3.63) is 53.1 Å². The first kappa shape index (κ1) is 18.0. The molecule has 0 saturated carbocycles. The highest BCUT2D eigenvalue weighted by Crippen LogP contribution is 2.28. The molecule has 1 amide bonds. The molecule has 2 aromatic rings. The van der Waals surface area contributed by atoms with Crippen molar-refractivity contribution in [1.29, 1.82) is 0 Å². The number of rotatable bonds is 7. The summed E-state index contributed by atoms with van der Waals surface area (Å²) >= 11 is 5.82. The van der Waals surface area contributed by atoms with Crippen molar-refractivity contribution in [2.45, 2.75) is 20.0 Å². The number of halogens is 3. The number of carbonyl (C=O) groups excluding carboxylic acids is 1. The molecule has 2 aromatic carbocycles. The number of ether oxygens (including phenoxy) is 2. The topological polar surface area (TPSA) is 47.6 Å². The van der Waals surface area contributed by atoms with Gasteiger partial charge in [0, 0.05) is 5.69 Å². The second kappa shape index (κ2) is 8.49. The van der Waals surface area contributed by atoms with Crippen molar-refractivity contribution < 1.29 is 23.0 Å². The maximum absolute atomic E-state index is 12.2. The minimum atomic E-state index is -2.96. The predicted molar refractivity (Wildman–Crippen MR) is 88.0 cm³/mol. The van der Waals surface area contributed by atoms with Gasteiger partial charge in [-0.15, -0.1) is 0 Å². The molecule has 7 heteroatoms. The molecule has 0 radical (unpaired) electrons. The number of nitrogens with one attached hydrogen (secondary N) is 1. The van der Waals surface area contributed by atoms with Crippen LogP contribution in [0.5, 0.6) is 11.5 Å². The number of amides is 1. The van der Waals surface area contributed by atoms with Crippen LogP contribution in [-0.4, -0.2) is 19.1 Å². The summed E-state index contributed by atoms with van der Waals surface area (Å²) in [6.45, 7) is -1.12. The summed E-state index contributed by atoms with van der Waals surface area (Å²) in [5.74, 6) is 0.0519. The zero-order valence-electron chi connectivity index (χ0n) is 12.9. The Morgan fingerprint density at radius 3 is 2.71 bits per heavy atom. The maximum Gasteiger partial charge on any atom is 0.387 e. The monoisotopic (exact) mass is 355 g/mol. The zero-order chi connectivity index (χ0) is 17.5. The van der Waals surface area contributed by atoms with Crippen LogP contribution in [0, 0.1) is 0 Å². The van der Waals surface area contributed by atoms with E-state index in [0.717, 1.165) is 12.0 Å². The SMILES string of the molecule is CCc1cccc(OCC(=O)Nc2ccc(OC(F)F)c(Cl)c2)c1. The van der Waals surface area contributed by atoms with Gasteiger partial charge in [-0.25, -0.2) is 0 Å². The summed E-state index contributed by atoms with van der Waals surface area (Å²) < 4.78 is 34.0. The van der Waals surface area contributed by atoms with Gasteiger partial charge in [0.25, 0.3) is 5.91 Å². The summed E-state index contributed by atoms with van der Waals surface area (Å²) in [5.41, 5.74) is 1.46. The molecule has 0 aliphatic rings. The highest BCUT2D eigenvalue weighted by Gasteiger charge is 2.10. The molecule has 0 aliphatic carbocycles. The molecule has 0 spiro atoms. The lowest BCUT2D eigenvalue weighted by Gasteiger charge is -2.10. The fraction of sp³-hybridized carbons (Fsp3) is 0.235. The van der Waals surface area contributed by atoms with Crippen LogP contribution < -0.4 is 14.8 Å². The smallest absolute Gasteiger partial charge is 0.387 e. The molecule has 0 unspecified atom stereocenters. The lowest BCUT2D eigenvalue weighted by Crippen LogP contribution is -2.20. The molecule has 0 aromatic heterocycles. The Morgan fingerprint density at radius 2 is 2.04 bits per heavy atom. The summed E-state index contributed by atoms with van der Waals surface area (Å²) in [7, 11) is 0. The standard InChI is InChI=1S/C17H16ClF2NO3/c1-2-11-4-3-5-13(8-11)23-10-16(22)21-12-6-7-15(14(18)9-12)24-17(19)20/h3-9,17H,2,10H2,1H3,(H,21,22). The van der Waals surface area contributed by atoms with E-state index in [2.05, 4.69) is 10.1 Å². The molecule has 0 bridgehead atoms. The minimum absolute atomic E-state index is 0.0235. The van der Waals surface area contributed by atoms with Crippen molar-refractivity contribution in [3.8, 4) is 11.5 Å². The van der Waals surface area contributed by atoms with Gasteiger partial charge >= 0.3 is 6.61 Å². The van der Waals surface area contributed by atoms with E-state index in [1.54, 1.807) is 6.07 Å². The second-order valence-corrected chi connectivity index (χ2v) is 5.27. The van der Waals surface area contributed by atoms with Crippen molar-refractivity contribution in [2.75, 3.05) is 11.9 Å². The lowest BCUT2D eigenvalue weighted by molar-refractivity contribution is -0.118. The number of aryl methyl sites for hydroxylation is 1. The van der Waals surface area contributed by atoms with Crippen LogP contribution >= 0.6 is 11.6 Å². The second-order valence-electron chi connectivity index (χ2n) is 4.86. The average molecular weight is 356 g/mol. The first-order valence-electron chi connectivity index (χ1n) is 7.24. The van der Waals surface area contributed by atoms with Crippen molar-refractivity contribution >= 4 is 23.2 Å². The van der Waals surface area contributed by atoms with Crippen molar-refractivity contribution in [2.24, 2.45) is 0 Å². The molecule has 0 aliphatic heterocycles. The van der Waals surface area contributed by atoms with Gasteiger partial charge in [-0.1, -0.05) is 30.7 Å². The van der Waals surface area contributed by atoms with Crippen LogP contribution in [-0.2, 0) is 11.2 Å². The molecule has 4 nitrogen and oxygen atoms in total. The molecule has 0 saturated heterocycles. The van der Waals surface area contributed by atoms with Gasteiger partial charge in [-0.05, 0) is 42.3 Å². The summed E-state index contributed by atoms with van der Waals surface area (Å²) in [4.78, 5) is 11.9. The van der Waals surface area contributed by atoms with Gasteiger partial charge in [0.1, 0.15) is 11.5 Å². The molecule has 128 valence electrons. The number of hydrogen-bond acceptors (Lipinski definition) is 3. The van der Waals surface area contributed by atoms with E-state index in [-0.39, 0.29) is 17.4 Å². The predicted octanol–water partition coefficient (Wildman–Crippen LogP) is 4.52. The number of benzene rings is 2. The fourth-order valence-corrected chi connectivity index (χ4v) is 2.20. The third-order valence-electron chi connectivity index (χ3n) is 3.11. The molecule has 0 fully saturated rings. The van der Waals surface area contributed by atoms with Crippen molar-refractivity contribution in [1.82, 2.24) is 0 Å². The number of anilines is 1. The van der Waals surface area contributed by atoms with Crippen LogP contribution in [0.1, 0.15) is 12.5 Å². The first-order valence-corrected chi connectivity index (χ1v) is 7.61. The average Bonchev–Trinajstić information content (AvgIpc) is 2.55. The van der Waals surface area contributed by atoms with Crippen molar-refractivity contribution in [3.63, 3.8) is 0 Å². The van der Waals surface area contributed by atoms with Crippen LogP contribution in [0.25, 0.3) is 0 Å². The zero-order valence-corrected chi connectivity index (χ0v) is 13.6. The quantitative estimate of drug-likeness (QED) is 0.794. The van der Waals surface area contributed by atoms with Gasteiger partial charge < -0.3 is 14.8 Å². The highest BCUT2D eigenvalue weighted by molar-refractivity contribution is 6.32. The summed E-state index contributed by atoms with van der Waals surface area (Å²) in [5, 5.41) is 2.55. The van der Waals surface area contributed by atoms with Gasteiger partial charge in [0.2, 0.25) is 0 Å². The molecule has 0 heterocycles. The molecular formula is C17H16ClF2NO3. The first-order chi connectivity index (χ1) is 11.5. The number of alkyl halides is 2. The number of carbonyl (C=O) groups is 1. The van der Waals surface area contributed by atoms with Gasteiger partial charge in [-0.2, -0.15) is 8.78 Å². The number of hydrogen-bond donors (Lipinski definition) is 1. The van der Waals surface area contributed by atoms with Crippen LogP contribution in [0.3, 0.4) is 0 Å². The third-order valence-corrected chi connectivity index (χ3v) is 3.40. The molecule has 2 rings (SSSR count). The Labute approximate surface area is 143 Å². The fourth-order valence-electron chi connectivity index (χ4n) is 1.97. The van der Waals surface area contributed by atoms with Gasteiger partial charge in [0.15, 0.2) is 6.61 Å². The van der Waals surface area contributed by atoms with E-state index in [1.807, 2.05) is 25.1 Å². The van der Waals surface area contributed by atoms with E-state index < -0.39 is 12.5 Å². The lowest BCUT2D eigenvalue weighted by atomic mass is 10.2. The molecule has 0 atom stereocenters. The van der Waals surface area contributed by atoms with E-state index >= 15 is 0 Å². The summed E-state index contributed by atoms with van der Waals surface area (Å²) in [6, 6.07) is 11.5. The highest BCUT2D eigenvalue weighted by atomic mass is 35.5. The van der Waals surface area contributed by atoms with Gasteiger partial charge in [0.05, 0.1) is 5.02 Å². The maximum atomic E-state index is 12.2. The summed E-state index contributed by atoms with van der Waals surface area (Å²) in [6.07, 6.45) is 0.870.